The smallest absolute Gasteiger partial charge is 0.251 e. The zero-order valence-electron chi connectivity index (χ0n) is 12.6. The van der Waals surface area contributed by atoms with Gasteiger partial charge in [0.1, 0.15) is 10.8 Å². The lowest BCUT2D eigenvalue weighted by atomic mass is 10.2. The normalized spacial score (nSPS) is 10.6. The van der Waals surface area contributed by atoms with Crippen LogP contribution in [0.1, 0.15) is 16.1 Å². The van der Waals surface area contributed by atoms with E-state index in [2.05, 4.69) is 26.2 Å². The summed E-state index contributed by atoms with van der Waals surface area (Å²) in [6.45, 7) is 0.498. The van der Waals surface area contributed by atoms with Crippen molar-refractivity contribution in [1.29, 1.82) is 0 Å². The molecule has 0 bridgehead atoms. The molecule has 24 heavy (non-hydrogen) atoms. The van der Waals surface area contributed by atoms with Gasteiger partial charge in [0.2, 0.25) is 0 Å². The number of thiazole rings is 1. The number of halogens is 2. The number of rotatable bonds is 5. The van der Waals surface area contributed by atoms with E-state index >= 15 is 0 Å². The third-order valence-electron chi connectivity index (χ3n) is 3.38. The van der Waals surface area contributed by atoms with Crippen LogP contribution in [0.5, 0.6) is 0 Å². The summed E-state index contributed by atoms with van der Waals surface area (Å²) < 4.78 is 14.1. The lowest BCUT2D eigenvalue weighted by Crippen LogP contribution is -2.25. The van der Waals surface area contributed by atoms with E-state index in [1.165, 1.54) is 23.5 Å². The summed E-state index contributed by atoms with van der Waals surface area (Å²) in [7, 11) is 0. The first-order valence-electron chi connectivity index (χ1n) is 7.36. The van der Waals surface area contributed by atoms with Crippen LogP contribution >= 0.6 is 27.3 Å². The monoisotopic (exact) mass is 404 g/mol. The van der Waals surface area contributed by atoms with Gasteiger partial charge >= 0.3 is 0 Å². The fourth-order valence-corrected chi connectivity index (χ4v) is 3.46. The van der Waals surface area contributed by atoms with Gasteiger partial charge in [-0.05, 0) is 30.3 Å². The number of nitrogens with one attached hydrogen (secondary N) is 1. The van der Waals surface area contributed by atoms with Crippen molar-refractivity contribution in [2.45, 2.75) is 6.42 Å². The lowest BCUT2D eigenvalue weighted by Gasteiger charge is -2.04. The minimum atomic E-state index is -0.273. The second kappa shape index (κ2) is 7.68. The van der Waals surface area contributed by atoms with E-state index in [4.69, 9.17) is 0 Å². The highest BCUT2D eigenvalue weighted by atomic mass is 79.9. The second-order valence-electron chi connectivity index (χ2n) is 5.17. The molecule has 3 nitrogen and oxygen atoms in total. The fraction of sp³-hybridized carbons (Fsp3) is 0.111. The largest absolute Gasteiger partial charge is 0.352 e. The summed E-state index contributed by atoms with van der Waals surface area (Å²) in [6.07, 6.45) is 0.631. The Morgan fingerprint density at radius 2 is 2.04 bits per heavy atom. The highest BCUT2D eigenvalue weighted by Crippen LogP contribution is 2.24. The molecule has 0 aliphatic rings. The van der Waals surface area contributed by atoms with Gasteiger partial charge in [0.15, 0.2) is 0 Å². The Labute approximate surface area is 151 Å². The molecule has 0 radical (unpaired) electrons. The summed E-state index contributed by atoms with van der Waals surface area (Å²) in [5.74, 6) is -0.387. The van der Waals surface area contributed by atoms with Crippen LogP contribution in [0.3, 0.4) is 0 Å². The van der Waals surface area contributed by atoms with Crippen molar-refractivity contribution in [3.63, 3.8) is 0 Å². The number of hydrogen-bond donors (Lipinski definition) is 1. The van der Waals surface area contributed by atoms with Gasteiger partial charge in [-0.3, -0.25) is 4.79 Å². The van der Waals surface area contributed by atoms with Crippen LogP contribution in [0, 0.1) is 5.82 Å². The van der Waals surface area contributed by atoms with Crippen LogP contribution in [0.2, 0.25) is 0 Å². The molecule has 1 amide bonds. The minimum Gasteiger partial charge on any atom is -0.352 e. The van der Waals surface area contributed by atoms with Crippen molar-refractivity contribution < 1.29 is 9.18 Å². The second-order valence-corrected chi connectivity index (χ2v) is 6.94. The van der Waals surface area contributed by atoms with Crippen molar-refractivity contribution >= 4 is 33.2 Å². The first-order valence-corrected chi connectivity index (χ1v) is 9.03. The molecule has 2 aromatic carbocycles. The first kappa shape index (κ1) is 16.8. The molecule has 3 aromatic rings. The summed E-state index contributed by atoms with van der Waals surface area (Å²) >= 11 is 4.82. The van der Waals surface area contributed by atoms with Gasteiger partial charge in [-0.15, -0.1) is 11.3 Å². The van der Waals surface area contributed by atoms with Gasteiger partial charge in [0, 0.05) is 33.9 Å². The van der Waals surface area contributed by atoms with Gasteiger partial charge < -0.3 is 5.32 Å². The van der Waals surface area contributed by atoms with E-state index in [1.807, 2.05) is 23.6 Å². The average molecular weight is 405 g/mol. The van der Waals surface area contributed by atoms with E-state index in [-0.39, 0.29) is 11.7 Å². The molecule has 0 spiro atoms. The molecule has 122 valence electrons. The standard InChI is InChI=1S/C18H14BrFN2OS/c19-14-5-1-3-12(9-14)17(23)21-8-7-16-11-24-18(22-16)13-4-2-6-15(20)10-13/h1-6,9-11H,7-8H2,(H,21,23). The third kappa shape index (κ3) is 4.27. The molecule has 0 saturated carbocycles. The maximum atomic E-state index is 13.3. The quantitative estimate of drug-likeness (QED) is 0.670. The van der Waals surface area contributed by atoms with Crippen molar-refractivity contribution in [2.75, 3.05) is 6.54 Å². The van der Waals surface area contributed by atoms with Crippen LogP contribution in [0.25, 0.3) is 10.6 Å². The van der Waals surface area contributed by atoms with Crippen molar-refractivity contribution in [2.24, 2.45) is 0 Å². The van der Waals surface area contributed by atoms with Gasteiger partial charge in [0.25, 0.3) is 5.91 Å². The summed E-state index contributed by atoms with van der Waals surface area (Å²) in [5.41, 5.74) is 2.27. The molecule has 1 N–H and O–H groups in total. The Hall–Kier alpha value is -2.05. The van der Waals surface area contributed by atoms with Crippen LogP contribution < -0.4 is 5.32 Å². The molecule has 0 aliphatic carbocycles. The van der Waals surface area contributed by atoms with E-state index in [0.29, 0.717) is 18.5 Å². The molecule has 1 heterocycles. The summed E-state index contributed by atoms with van der Waals surface area (Å²) in [4.78, 5) is 16.6. The van der Waals surface area contributed by atoms with Crippen LogP contribution in [0.15, 0.2) is 58.4 Å². The van der Waals surface area contributed by atoms with Gasteiger partial charge in [-0.2, -0.15) is 0 Å². The van der Waals surface area contributed by atoms with E-state index < -0.39 is 0 Å². The zero-order valence-corrected chi connectivity index (χ0v) is 15.0. The number of carbonyl (C=O) groups is 1. The summed E-state index contributed by atoms with van der Waals surface area (Å²) in [6, 6.07) is 13.6. The number of benzene rings is 2. The van der Waals surface area contributed by atoms with Crippen molar-refractivity contribution in [1.82, 2.24) is 10.3 Å². The van der Waals surface area contributed by atoms with E-state index in [9.17, 15) is 9.18 Å². The molecule has 0 unspecified atom stereocenters. The molecule has 3 rings (SSSR count). The first-order chi connectivity index (χ1) is 11.6. The molecule has 0 atom stereocenters. The number of nitrogens with zero attached hydrogens (tertiary/aromatic N) is 1. The highest BCUT2D eigenvalue weighted by molar-refractivity contribution is 9.10. The molecule has 0 fully saturated rings. The molecular weight excluding hydrogens is 391 g/mol. The van der Waals surface area contributed by atoms with Gasteiger partial charge in [0.05, 0.1) is 5.69 Å². The van der Waals surface area contributed by atoms with Crippen LogP contribution in [0.4, 0.5) is 4.39 Å². The number of carbonyl (C=O) groups excluding carboxylic acids is 1. The summed E-state index contributed by atoms with van der Waals surface area (Å²) in [5, 5.41) is 5.59. The maximum Gasteiger partial charge on any atom is 0.251 e. The topological polar surface area (TPSA) is 42.0 Å². The minimum absolute atomic E-state index is 0.114. The molecule has 0 saturated heterocycles. The Morgan fingerprint density at radius 1 is 1.21 bits per heavy atom. The van der Waals surface area contributed by atoms with E-state index in [1.54, 1.807) is 18.2 Å². The molecule has 0 aliphatic heterocycles. The molecular formula is C18H14BrFN2OS. The van der Waals surface area contributed by atoms with Crippen molar-refractivity contribution in [3.8, 4) is 10.6 Å². The average Bonchev–Trinajstić information content (AvgIpc) is 3.04. The Balaban J connectivity index is 1.57. The predicted molar refractivity (Wildman–Crippen MR) is 97.7 cm³/mol. The van der Waals surface area contributed by atoms with Gasteiger partial charge in [-0.1, -0.05) is 34.1 Å². The Morgan fingerprint density at radius 3 is 2.83 bits per heavy atom. The Bertz CT molecular complexity index is 865. The zero-order chi connectivity index (χ0) is 16.9. The highest BCUT2D eigenvalue weighted by Gasteiger charge is 2.08. The molecule has 6 heteroatoms. The number of aromatic nitrogens is 1. The molecule has 1 aromatic heterocycles. The maximum absolute atomic E-state index is 13.3. The van der Waals surface area contributed by atoms with Crippen molar-refractivity contribution in [3.05, 3.63) is 75.5 Å². The fourth-order valence-electron chi connectivity index (χ4n) is 2.21. The lowest BCUT2D eigenvalue weighted by molar-refractivity contribution is 0.0954. The van der Waals surface area contributed by atoms with Crippen LogP contribution in [-0.2, 0) is 6.42 Å². The third-order valence-corrected chi connectivity index (χ3v) is 4.81. The van der Waals surface area contributed by atoms with Crippen LogP contribution in [-0.4, -0.2) is 17.4 Å². The number of hydrogen-bond acceptors (Lipinski definition) is 3. The predicted octanol–water partition coefficient (Wildman–Crippen LogP) is 4.68. The Kier molecular flexibility index (Phi) is 5.37. The van der Waals surface area contributed by atoms with E-state index in [0.717, 1.165) is 20.7 Å². The van der Waals surface area contributed by atoms with Gasteiger partial charge in [-0.25, -0.2) is 9.37 Å². The number of amides is 1. The SMILES string of the molecule is O=C(NCCc1csc(-c2cccc(F)c2)n1)c1cccc(Br)c1.